The molecule has 178 valence electrons. The van der Waals surface area contributed by atoms with Crippen molar-refractivity contribution in [3.8, 4) is 0 Å². The van der Waals surface area contributed by atoms with Crippen LogP contribution in [-0.4, -0.2) is 48.7 Å². The molecule has 9 nitrogen and oxygen atoms in total. The summed E-state index contributed by atoms with van der Waals surface area (Å²) >= 11 is 10.6. The number of aryl methyl sites for hydroxylation is 1. The molecule has 3 N–H and O–H groups in total. The van der Waals surface area contributed by atoms with E-state index in [1.807, 2.05) is 0 Å². The first kappa shape index (κ1) is 24.5. The Morgan fingerprint density at radius 1 is 1.36 bits per heavy atom. The zero-order chi connectivity index (χ0) is 23.9. The predicted octanol–water partition coefficient (Wildman–Crippen LogP) is 2.74. The number of anilines is 1. The van der Waals surface area contributed by atoms with Crippen molar-refractivity contribution in [3.63, 3.8) is 0 Å². The summed E-state index contributed by atoms with van der Waals surface area (Å²) in [5.41, 5.74) is 1.13. The molecular weight excluding hydrogens is 561 g/mol. The Hall–Kier alpha value is -1.64. The van der Waals surface area contributed by atoms with Gasteiger partial charge in [-0.3, -0.25) is 9.59 Å². The minimum atomic E-state index is -4.10. The standard InChI is InChI=1S/C19H20BrClFN5O4S2/c1-27-15(18(29)23-9-5-6-11(22)10(21)7-9)8-14(26-33(27,30)31)17(28)24-12-3-2-4-13-16(12)32-19(20)25-13/h5-7,12,14-15,26H,2-4,8H2,1H3,(H,23,29)(H,24,28). The van der Waals surface area contributed by atoms with E-state index >= 15 is 0 Å². The number of hydrogen-bond acceptors (Lipinski definition) is 6. The van der Waals surface area contributed by atoms with Crippen molar-refractivity contribution in [2.45, 2.75) is 43.8 Å². The number of aromatic nitrogens is 1. The fourth-order valence-corrected chi connectivity index (χ4v) is 6.97. The van der Waals surface area contributed by atoms with Crippen LogP contribution < -0.4 is 15.4 Å². The van der Waals surface area contributed by atoms with Crippen molar-refractivity contribution < 1.29 is 22.4 Å². The quantitative estimate of drug-likeness (QED) is 0.514. The molecule has 2 heterocycles. The van der Waals surface area contributed by atoms with Crippen LogP contribution in [0.1, 0.15) is 35.9 Å². The van der Waals surface area contributed by atoms with E-state index in [0.29, 0.717) is 6.42 Å². The fourth-order valence-electron chi connectivity index (χ4n) is 3.88. The lowest BCUT2D eigenvalue weighted by atomic mass is 9.97. The monoisotopic (exact) mass is 579 g/mol. The Kier molecular flexibility index (Phi) is 7.08. The van der Waals surface area contributed by atoms with Crippen LogP contribution in [0.25, 0.3) is 0 Å². The van der Waals surface area contributed by atoms with Gasteiger partial charge in [-0.25, -0.2) is 9.37 Å². The highest BCUT2D eigenvalue weighted by molar-refractivity contribution is 9.11. The van der Waals surface area contributed by atoms with Gasteiger partial charge < -0.3 is 10.6 Å². The van der Waals surface area contributed by atoms with Crippen molar-refractivity contribution in [2.24, 2.45) is 0 Å². The molecule has 3 unspecified atom stereocenters. The maximum Gasteiger partial charge on any atom is 0.280 e. The number of carbonyl (C=O) groups is 2. The van der Waals surface area contributed by atoms with Crippen molar-refractivity contribution >= 4 is 66.6 Å². The molecule has 0 radical (unpaired) electrons. The van der Waals surface area contributed by atoms with Gasteiger partial charge in [-0.1, -0.05) is 11.6 Å². The third-order valence-corrected chi connectivity index (χ3v) is 9.16. The van der Waals surface area contributed by atoms with E-state index in [1.54, 1.807) is 0 Å². The van der Waals surface area contributed by atoms with Crippen LogP contribution in [0.2, 0.25) is 5.02 Å². The van der Waals surface area contributed by atoms with E-state index in [4.69, 9.17) is 11.6 Å². The molecule has 3 atom stereocenters. The number of halogens is 3. The summed E-state index contributed by atoms with van der Waals surface area (Å²) in [4.78, 5) is 31.2. The number of nitrogens with one attached hydrogen (secondary N) is 3. The van der Waals surface area contributed by atoms with Gasteiger partial charge in [0.05, 0.1) is 21.6 Å². The number of nitrogens with zero attached hydrogens (tertiary/aromatic N) is 2. The molecule has 1 aromatic carbocycles. The topological polar surface area (TPSA) is 120 Å². The SMILES string of the molecule is CN1C(C(=O)Nc2ccc(F)c(Cl)c2)CC(C(=O)NC2CCCc3nc(Br)sc32)NS1(=O)=O. The number of fused-ring (bicyclic) bond motifs is 1. The Bertz CT molecular complexity index is 1210. The number of carbonyl (C=O) groups excluding carboxylic acids is 2. The van der Waals surface area contributed by atoms with Gasteiger partial charge in [0.1, 0.15) is 17.9 Å². The van der Waals surface area contributed by atoms with E-state index in [2.05, 4.69) is 36.3 Å². The van der Waals surface area contributed by atoms with Gasteiger partial charge in [0.25, 0.3) is 10.2 Å². The van der Waals surface area contributed by atoms with Gasteiger partial charge >= 0.3 is 0 Å². The zero-order valence-electron chi connectivity index (χ0n) is 17.3. The number of thiazole rings is 1. The highest BCUT2D eigenvalue weighted by Gasteiger charge is 2.43. The zero-order valence-corrected chi connectivity index (χ0v) is 21.2. The molecule has 1 saturated heterocycles. The average Bonchev–Trinajstić information content (AvgIpc) is 3.13. The summed E-state index contributed by atoms with van der Waals surface area (Å²) in [6, 6.07) is 1.06. The van der Waals surface area contributed by atoms with Crippen molar-refractivity contribution in [2.75, 3.05) is 12.4 Å². The fraction of sp³-hybridized carbons (Fsp3) is 0.421. The second-order valence-corrected chi connectivity index (χ2v) is 12.3. The van der Waals surface area contributed by atoms with Gasteiger partial charge in [0, 0.05) is 12.7 Å². The summed E-state index contributed by atoms with van der Waals surface area (Å²) in [7, 11) is -2.85. The highest BCUT2D eigenvalue weighted by atomic mass is 79.9. The molecule has 2 amide bonds. The lowest BCUT2D eigenvalue weighted by Crippen LogP contribution is -2.62. The molecule has 2 aromatic rings. The van der Waals surface area contributed by atoms with Crippen LogP contribution in [0.15, 0.2) is 22.1 Å². The summed E-state index contributed by atoms with van der Waals surface area (Å²) in [6.07, 6.45) is 2.29. The van der Waals surface area contributed by atoms with Gasteiger partial charge in [-0.05, 0) is 59.8 Å². The van der Waals surface area contributed by atoms with E-state index in [1.165, 1.54) is 30.5 Å². The normalized spacial score (nSPS) is 24.7. The highest BCUT2D eigenvalue weighted by Crippen LogP contribution is 2.36. The third-order valence-electron chi connectivity index (χ3n) is 5.62. The first-order valence-corrected chi connectivity index (χ1v) is 13.4. The number of hydrogen-bond donors (Lipinski definition) is 3. The molecule has 1 fully saturated rings. The Morgan fingerprint density at radius 2 is 2.12 bits per heavy atom. The largest absolute Gasteiger partial charge is 0.347 e. The van der Waals surface area contributed by atoms with Crippen LogP contribution in [-0.2, 0) is 26.2 Å². The summed E-state index contributed by atoms with van der Waals surface area (Å²) < 4.78 is 42.6. The minimum absolute atomic E-state index is 0.0890. The van der Waals surface area contributed by atoms with Crippen LogP contribution in [0, 0.1) is 5.82 Å². The Balaban J connectivity index is 1.49. The van der Waals surface area contributed by atoms with Crippen LogP contribution in [0.4, 0.5) is 10.1 Å². The molecule has 0 spiro atoms. The number of amides is 2. The number of rotatable bonds is 4. The summed E-state index contributed by atoms with van der Waals surface area (Å²) in [6.45, 7) is 0. The lowest BCUT2D eigenvalue weighted by Gasteiger charge is -2.36. The van der Waals surface area contributed by atoms with Crippen LogP contribution >= 0.6 is 38.9 Å². The summed E-state index contributed by atoms with van der Waals surface area (Å²) in [5.74, 6) is -1.82. The second kappa shape index (κ2) is 9.55. The van der Waals surface area contributed by atoms with E-state index in [0.717, 1.165) is 37.7 Å². The molecule has 14 heteroatoms. The van der Waals surface area contributed by atoms with E-state index in [9.17, 15) is 22.4 Å². The minimum Gasteiger partial charge on any atom is -0.347 e. The molecule has 4 rings (SSSR count). The molecule has 1 aliphatic carbocycles. The maximum atomic E-state index is 13.4. The van der Waals surface area contributed by atoms with Gasteiger partial charge in [-0.2, -0.15) is 17.4 Å². The molecule has 1 aromatic heterocycles. The van der Waals surface area contributed by atoms with Crippen LogP contribution in [0.5, 0.6) is 0 Å². The molecular formula is C19H20BrClFN5O4S2. The van der Waals surface area contributed by atoms with Crippen molar-refractivity contribution in [1.29, 1.82) is 0 Å². The summed E-state index contributed by atoms with van der Waals surface area (Å²) in [5, 5.41) is 5.26. The second-order valence-electron chi connectivity index (χ2n) is 7.79. The molecule has 1 aliphatic heterocycles. The number of benzene rings is 1. The van der Waals surface area contributed by atoms with Crippen molar-refractivity contribution in [3.05, 3.63) is 43.5 Å². The smallest absolute Gasteiger partial charge is 0.280 e. The maximum absolute atomic E-state index is 13.4. The van der Waals surface area contributed by atoms with Crippen molar-refractivity contribution in [1.82, 2.24) is 19.3 Å². The molecule has 0 saturated carbocycles. The third kappa shape index (κ3) is 5.23. The van der Waals surface area contributed by atoms with Gasteiger partial charge in [0.15, 0.2) is 3.92 Å². The van der Waals surface area contributed by atoms with Gasteiger partial charge in [0.2, 0.25) is 11.8 Å². The molecule has 2 aliphatic rings. The number of likely N-dealkylation sites (N-methyl/N-ethyl adjacent to an activating group) is 1. The first-order chi connectivity index (χ1) is 15.5. The van der Waals surface area contributed by atoms with E-state index < -0.39 is 39.9 Å². The Morgan fingerprint density at radius 3 is 2.85 bits per heavy atom. The van der Waals surface area contributed by atoms with E-state index in [-0.39, 0.29) is 23.2 Å². The van der Waals surface area contributed by atoms with Gasteiger partial charge in [-0.15, -0.1) is 11.3 Å². The molecule has 0 bridgehead atoms. The van der Waals surface area contributed by atoms with Crippen LogP contribution in [0.3, 0.4) is 0 Å². The average molecular weight is 581 g/mol. The lowest BCUT2D eigenvalue weighted by molar-refractivity contribution is -0.125. The Labute approximate surface area is 207 Å². The molecule has 33 heavy (non-hydrogen) atoms. The predicted molar refractivity (Wildman–Crippen MR) is 126 cm³/mol. The first-order valence-electron chi connectivity index (χ1n) is 10.0.